The third kappa shape index (κ3) is 5.95. The van der Waals surface area contributed by atoms with Crippen molar-refractivity contribution in [3.8, 4) is 0 Å². The lowest BCUT2D eigenvalue weighted by molar-refractivity contribution is 0.122. The molecule has 2 saturated heterocycles. The van der Waals surface area contributed by atoms with E-state index in [0.29, 0.717) is 5.92 Å². The van der Waals surface area contributed by atoms with Crippen LogP contribution in [0, 0.1) is 5.92 Å². The van der Waals surface area contributed by atoms with Crippen molar-refractivity contribution in [2.75, 3.05) is 65.1 Å². The average Bonchev–Trinajstić information content (AvgIpc) is 3.16. The van der Waals surface area contributed by atoms with Crippen molar-refractivity contribution in [2.24, 2.45) is 10.9 Å². The van der Waals surface area contributed by atoms with Crippen molar-refractivity contribution in [1.29, 1.82) is 0 Å². The summed E-state index contributed by atoms with van der Waals surface area (Å²) in [4.78, 5) is 13.4. The molecule has 0 bridgehead atoms. The largest absolute Gasteiger partial charge is 0.381 e. The summed E-state index contributed by atoms with van der Waals surface area (Å²) >= 11 is 0. The zero-order chi connectivity index (χ0) is 17.5. The number of guanidine groups is 1. The van der Waals surface area contributed by atoms with E-state index >= 15 is 0 Å². The van der Waals surface area contributed by atoms with E-state index < -0.39 is 0 Å². The second-order valence-electron chi connectivity index (χ2n) is 6.63. The molecule has 8 heteroatoms. The number of nitrogens with one attached hydrogen (secondary N) is 1. The first kappa shape index (κ1) is 21.2. The fourth-order valence-corrected chi connectivity index (χ4v) is 3.30. The second kappa shape index (κ2) is 10.9. The molecule has 0 aliphatic carbocycles. The highest BCUT2D eigenvalue weighted by molar-refractivity contribution is 14.0. The van der Waals surface area contributed by atoms with E-state index in [0.717, 1.165) is 70.8 Å². The number of nitrogens with zero attached hydrogens (tertiary/aromatic N) is 4. The van der Waals surface area contributed by atoms with Gasteiger partial charge in [0.15, 0.2) is 5.96 Å². The number of aromatic nitrogens is 1. The number of morpholine rings is 1. The van der Waals surface area contributed by atoms with E-state index in [9.17, 15) is 0 Å². The number of ether oxygens (including phenoxy) is 2. The topological polar surface area (TPSA) is 62.2 Å². The summed E-state index contributed by atoms with van der Waals surface area (Å²) in [6, 6.07) is 4.20. The highest BCUT2D eigenvalue weighted by atomic mass is 127. The summed E-state index contributed by atoms with van der Waals surface area (Å²) in [5, 5.41) is 3.45. The van der Waals surface area contributed by atoms with Crippen LogP contribution in [0.4, 0.5) is 5.82 Å². The first-order chi connectivity index (χ1) is 12.3. The zero-order valence-electron chi connectivity index (χ0n) is 15.7. The molecule has 0 amide bonds. The molecule has 3 rings (SSSR count). The molecule has 0 saturated carbocycles. The fraction of sp³-hybridized carbons (Fsp3) is 0.667. The quantitative estimate of drug-likeness (QED) is 0.397. The van der Waals surface area contributed by atoms with E-state index in [-0.39, 0.29) is 24.0 Å². The Bertz CT molecular complexity index is 574. The Morgan fingerprint density at radius 1 is 1.35 bits per heavy atom. The number of halogens is 1. The van der Waals surface area contributed by atoms with Crippen LogP contribution in [0.3, 0.4) is 0 Å². The van der Waals surface area contributed by atoms with Crippen LogP contribution < -0.4 is 10.2 Å². The smallest absolute Gasteiger partial charge is 0.193 e. The van der Waals surface area contributed by atoms with Crippen LogP contribution in [0.5, 0.6) is 0 Å². The van der Waals surface area contributed by atoms with Gasteiger partial charge in [-0.2, -0.15) is 0 Å². The van der Waals surface area contributed by atoms with Crippen LogP contribution in [-0.4, -0.2) is 76.0 Å². The van der Waals surface area contributed by atoms with Gasteiger partial charge < -0.3 is 24.6 Å². The lowest BCUT2D eigenvalue weighted by Crippen LogP contribution is -2.41. The summed E-state index contributed by atoms with van der Waals surface area (Å²) in [6.45, 7) is 6.78. The van der Waals surface area contributed by atoms with E-state index in [4.69, 9.17) is 9.47 Å². The van der Waals surface area contributed by atoms with Crippen LogP contribution >= 0.6 is 24.0 Å². The molecule has 7 nitrogen and oxygen atoms in total. The lowest BCUT2D eigenvalue weighted by atomic mass is 10.1. The minimum Gasteiger partial charge on any atom is -0.381 e. The van der Waals surface area contributed by atoms with Gasteiger partial charge >= 0.3 is 0 Å². The van der Waals surface area contributed by atoms with Crippen LogP contribution in [0.15, 0.2) is 23.3 Å². The predicted octanol–water partition coefficient (Wildman–Crippen LogP) is 1.58. The van der Waals surface area contributed by atoms with Crippen LogP contribution in [0.2, 0.25) is 0 Å². The van der Waals surface area contributed by atoms with Gasteiger partial charge in [-0.15, -0.1) is 24.0 Å². The molecule has 1 N–H and O–H groups in total. The van der Waals surface area contributed by atoms with Crippen LogP contribution in [0.1, 0.15) is 12.0 Å². The molecule has 1 aromatic heterocycles. The van der Waals surface area contributed by atoms with E-state index in [1.54, 1.807) is 0 Å². The molecular formula is C18H30IN5O2. The number of pyridine rings is 1. The standard InChI is InChI=1S/C18H29N5O2.HI/c1-19-18(22(2)13-16-4-8-25-14-16)21-12-15-3-5-20-17(11-15)23-6-9-24-10-7-23;/h3,5,11,16H,4,6-10,12-14H2,1-2H3,(H,19,21);1H. The Hall–Kier alpha value is -1.13. The van der Waals surface area contributed by atoms with Crippen molar-refractivity contribution in [2.45, 2.75) is 13.0 Å². The number of hydrogen-bond donors (Lipinski definition) is 1. The van der Waals surface area contributed by atoms with E-state index in [1.807, 2.05) is 13.2 Å². The van der Waals surface area contributed by atoms with Crippen molar-refractivity contribution in [3.05, 3.63) is 23.9 Å². The maximum atomic E-state index is 5.46. The number of aliphatic imine (C=N–C) groups is 1. The molecule has 26 heavy (non-hydrogen) atoms. The number of hydrogen-bond acceptors (Lipinski definition) is 5. The highest BCUT2D eigenvalue weighted by Gasteiger charge is 2.19. The summed E-state index contributed by atoms with van der Waals surface area (Å²) in [6.07, 6.45) is 3.01. The van der Waals surface area contributed by atoms with Gasteiger partial charge in [-0.25, -0.2) is 4.98 Å². The summed E-state index contributed by atoms with van der Waals surface area (Å²) < 4.78 is 10.9. The fourth-order valence-electron chi connectivity index (χ4n) is 3.30. The monoisotopic (exact) mass is 475 g/mol. The normalized spacial score (nSPS) is 20.6. The van der Waals surface area contributed by atoms with Gasteiger partial charge in [0.2, 0.25) is 0 Å². The zero-order valence-corrected chi connectivity index (χ0v) is 18.0. The molecule has 1 unspecified atom stereocenters. The van der Waals surface area contributed by atoms with Crippen molar-refractivity contribution in [1.82, 2.24) is 15.2 Å². The van der Waals surface area contributed by atoms with Crippen molar-refractivity contribution >= 4 is 35.8 Å². The maximum absolute atomic E-state index is 5.46. The van der Waals surface area contributed by atoms with Crippen LogP contribution in [0.25, 0.3) is 0 Å². The first-order valence-corrected chi connectivity index (χ1v) is 9.03. The molecule has 0 aromatic carbocycles. The third-order valence-corrected chi connectivity index (χ3v) is 4.73. The van der Waals surface area contributed by atoms with E-state index in [1.165, 1.54) is 5.56 Å². The van der Waals surface area contributed by atoms with Gasteiger partial charge in [-0.05, 0) is 24.1 Å². The Kier molecular flexibility index (Phi) is 8.86. The van der Waals surface area contributed by atoms with Gasteiger partial charge in [0.25, 0.3) is 0 Å². The minimum absolute atomic E-state index is 0. The van der Waals surface area contributed by atoms with Gasteiger partial charge in [-0.1, -0.05) is 0 Å². The highest BCUT2D eigenvalue weighted by Crippen LogP contribution is 2.15. The van der Waals surface area contributed by atoms with Gasteiger partial charge in [0.05, 0.1) is 19.8 Å². The maximum Gasteiger partial charge on any atom is 0.193 e. The molecule has 1 aromatic rings. The van der Waals surface area contributed by atoms with Crippen molar-refractivity contribution < 1.29 is 9.47 Å². The molecular weight excluding hydrogens is 445 g/mol. The molecule has 146 valence electrons. The Morgan fingerprint density at radius 3 is 2.85 bits per heavy atom. The molecule has 2 aliphatic heterocycles. The number of anilines is 1. The molecule has 0 spiro atoms. The Labute approximate surface area is 173 Å². The average molecular weight is 475 g/mol. The molecule has 2 fully saturated rings. The number of rotatable bonds is 5. The van der Waals surface area contributed by atoms with Gasteiger partial charge in [0, 0.05) is 59.0 Å². The predicted molar refractivity (Wildman–Crippen MR) is 114 cm³/mol. The lowest BCUT2D eigenvalue weighted by Gasteiger charge is -2.28. The van der Waals surface area contributed by atoms with E-state index in [2.05, 4.69) is 44.3 Å². The second-order valence-corrected chi connectivity index (χ2v) is 6.63. The molecule has 1 atom stereocenters. The summed E-state index contributed by atoms with van der Waals surface area (Å²) in [5.74, 6) is 2.53. The minimum atomic E-state index is 0. The molecule has 2 aliphatic rings. The van der Waals surface area contributed by atoms with Crippen molar-refractivity contribution in [3.63, 3.8) is 0 Å². The summed E-state index contributed by atoms with van der Waals surface area (Å²) in [5.41, 5.74) is 1.20. The third-order valence-electron chi connectivity index (χ3n) is 4.73. The Morgan fingerprint density at radius 2 is 2.15 bits per heavy atom. The summed E-state index contributed by atoms with van der Waals surface area (Å²) in [7, 11) is 3.91. The molecule has 0 radical (unpaired) electrons. The van der Waals surface area contributed by atoms with Gasteiger partial charge in [-0.3, -0.25) is 4.99 Å². The van der Waals surface area contributed by atoms with Crippen LogP contribution in [-0.2, 0) is 16.0 Å². The first-order valence-electron chi connectivity index (χ1n) is 9.03. The molecule has 3 heterocycles. The van der Waals surface area contributed by atoms with Gasteiger partial charge in [0.1, 0.15) is 5.82 Å². The SMILES string of the molecule is CN=C(NCc1ccnc(N2CCOCC2)c1)N(C)CC1CCOC1.I. The Balaban J connectivity index is 0.00000243.